The summed E-state index contributed by atoms with van der Waals surface area (Å²) in [5.41, 5.74) is 1.88. The topological polar surface area (TPSA) is 90.3 Å². The van der Waals surface area contributed by atoms with Gasteiger partial charge in [-0.15, -0.1) is 0 Å². The van der Waals surface area contributed by atoms with Gasteiger partial charge in [0.15, 0.2) is 0 Å². The number of fused-ring (bicyclic) bond motifs is 1. The molecule has 0 unspecified atom stereocenters. The van der Waals surface area contributed by atoms with Crippen LogP contribution in [0, 0.1) is 5.92 Å². The second-order valence-corrected chi connectivity index (χ2v) is 9.80. The van der Waals surface area contributed by atoms with Crippen molar-refractivity contribution in [2.75, 3.05) is 40.4 Å². The van der Waals surface area contributed by atoms with E-state index in [2.05, 4.69) is 17.0 Å². The predicted octanol–water partition coefficient (Wildman–Crippen LogP) is 2.34. The molecule has 1 amide bonds. The Morgan fingerprint density at radius 2 is 1.86 bits per heavy atom. The summed E-state index contributed by atoms with van der Waals surface area (Å²) in [5, 5.41) is 0. The van der Waals surface area contributed by atoms with E-state index in [4.69, 9.17) is 14.2 Å². The molecule has 3 heterocycles. The molecule has 1 fully saturated rings. The first-order valence-electron chi connectivity index (χ1n) is 12.4. The summed E-state index contributed by atoms with van der Waals surface area (Å²) >= 11 is 0. The average molecular weight is 498 g/mol. The standard InChI is InChI=1S/C27H35N3O6/c1-18(2)36-21-7-5-19(6-8-21)16-29-10-9-22-26(27(33)34-4)23(14-25(32)30(22)12-11-29)35-17-20-13-24(31)28(3)15-20/h5-8,14,18,20H,9-13,15-17H2,1-4H3/t20-/m0/s1. The molecule has 9 nitrogen and oxygen atoms in total. The normalized spacial score (nSPS) is 18.2. The van der Waals surface area contributed by atoms with Gasteiger partial charge in [0.1, 0.15) is 17.1 Å². The SMILES string of the molecule is COC(=O)c1c(OC[C@H]2CC(=O)N(C)C2)cc(=O)n2c1CCN(Cc1ccc(OC(C)C)cc1)CC2. The summed E-state index contributed by atoms with van der Waals surface area (Å²) in [4.78, 5) is 41.6. The lowest BCUT2D eigenvalue weighted by molar-refractivity contribution is -0.126. The van der Waals surface area contributed by atoms with Crippen LogP contribution >= 0.6 is 0 Å². The van der Waals surface area contributed by atoms with Crippen LogP contribution in [0.3, 0.4) is 0 Å². The van der Waals surface area contributed by atoms with E-state index in [1.54, 1.807) is 16.5 Å². The van der Waals surface area contributed by atoms with Crippen molar-refractivity contribution in [3.8, 4) is 11.5 Å². The Balaban J connectivity index is 1.50. The van der Waals surface area contributed by atoms with Crippen LogP contribution in [-0.4, -0.2) is 72.7 Å². The highest BCUT2D eigenvalue weighted by atomic mass is 16.5. The van der Waals surface area contributed by atoms with Gasteiger partial charge >= 0.3 is 5.97 Å². The van der Waals surface area contributed by atoms with Gasteiger partial charge in [-0.1, -0.05) is 12.1 Å². The minimum Gasteiger partial charge on any atom is -0.492 e. The second-order valence-electron chi connectivity index (χ2n) is 9.80. The van der Waals surface area contributed by atoms with Crippen LogP contribution in [0.4, 0.5) is 0 Å². The van der Waals surface area contributed by atoms with Gasteiger partial charge in [0.2, 0.25) is 5.91 Å². The van der Waals surface area contributed by atoms with Crippen molar-refractivity contribution in [3.05, 3.63) is 57.5 Å². The zero-order chi connectivity index (χ0) is 25.8. The Hall–Kier alpha value is -3.33. The second kappa shape index (κ2) is 11.2. The van der Waals surface area contributed by atoms with Crippen molar-refractivity contribution in [1.29, 1.82) is 0 Å². The van der Waals surface area contributed by atoms with Crippen molar-refractivity contribution in [3.63, 3.8) is 0 Å². The maximum absolute atomic E-state index is 13.0. The van der Waals surface area contributed by atoms with Crippen molar-refractivity contribution < 1.29 is 23.8 Å². The number of pyridine rings is 1. The Morgan fingerprint density at radius 1 is 1.11 bits per heavy atom. The molecule has 0 saturated carbocycles. The molecule has 0 aliphatic carbocycles. The van der Waals surface area contributed by atoms with Crippen LogP contribution in [0.15, 0.2) is 35.1 Å². The number of aromatic nitrogens is 1. The summed E-state index contributed by atoms with van der Waals surface area (Å²) < 4.78 is 18.4. The van der Waals surface area contributed by atoms with Gasteiger partial charge in [-0.2, -0.15) is 0 Å². The molecule has 9 heteroatoms. The lowest BCUT2D eigenvalue weighted by Crippen LogP contribution is -2.29. The summed E-state index contributed by atoms with van der Waals surface area (Å²) in [6, 6.07) is 9.43. The number of carbonyl (C=O) groups is 2. The number of amides is 1. The van der Waals surface area contributed by atoms with E-state index in [1.807, 2.05) is 26.0 Å². The van der Waals surface area contributed by atoms with Crippen LogP contribution in [0.1, 0.15) is 41.9 Å². The van der Waals surface area contributed by atoms with E-state index in [1.165, 1.54) is 13.2 Å². The first-order chi connectivity index (χ1) is 17.2. The van der Waals surface area contributed by atoms with Crippen LogP contribution in [-0.2, 0) is 29.0 Å². The van der Waals surface area contributed by atoms with Gasteiger partial charge in [0.05, 0.1) is 19.8 Å². The van der Waals surface area contributed by atoms with Crippen LogP contribution in [0.25, 0.3) is 0 Å². The zero-order valence-corrected chi connectivity index (χ0v) is 21.5. The largest absolute Gasteiger partial charge is 0.492 e. The van der Waals surface area contributed by atoms with Gasteiger partial charge < -0.3 is 23.7 Å². The van der Waals surface area contributed by atoms with Gasteiger partial charge in [-0.05, 0) is 31.5 Å². The molecule has 194 valence electrons. The van der Waals surface area contributed by atoms with Crippen LogP contribution in [0.2, 0.25) is 0 Å². The molecule has 1 aromatic heterocycles. The molecule has 1 saturated heterocycles. The lowest BCUT2D eigenvalue weighted by Gasteiger charge is -2.19. The van der Waals surface area contributed by atoms with Crippen LogP contribution in [0.5, 0.6) is 11.5 Å². The van der Waals surface area contributed by atoms with Gasteiger partial charge in [-0.3, -0.25) is 14.5 Å². The quantitative estimate of drug-likeness (QED) is 0.517. The molecule has 0 bridgehead atoms. The van der Waals surface area contributed by atoms with Crippen molar-refractivity contribution in [1.82, 2.24) is 14.4 Å². The zero-order valence-electron chi connectivity index (χ0n) is 21.5. The minimum absolute atomic E-state index is 0.0161. The molecule has 36 heavy (non-hydrogen) atoms. The molecule has 4 rings (SSSR count). The van der Waals surface area contributed by atoms with Gasteiger partial charge in [0, 0.05) is 70.3 Å². The first-order valence-corrected chi connectivity index (χ1v) is 12.4. The van der Waals surface area contributed by atoms with Gasteiger partial charge in [-0.25, -0.2) is 4.79 Å². The maximum atomic E-state index is 13.0. The molecule has 0 radical (unpaired) electrons. The maximum Gasteiger partial charge on any atom is 0.343 e. The number of carbonyl (C=O) groups excluding carboxylic acids is 2. The van der Waals surface area contributed by atoms with E-state index in [0.29, 0.717) is 50.3 Å². The molecule has 2 aliphatic rings. The van der Waals surface area contributed by atoms with Crippen molar-refractivity contribution in [2.45, 2.75) is 45.9 Å². The third-order valence-corrected chi connectivity index (χ3v) is 6.67. The van der Waals surface area contributed by atoms with Crippen molar-refractivity contribution >= 4 is 11.9 Å². The Bertz CT molecular complexity index is 1160. The fourth-order valence-corrected chi connectivity index (χ4v) is 4.87. The number of hydrogen-bond donors (Lipinski definition) is 0. The number of rotatable bonds is 8. The molecule has 2 aromatic rings. The molecular weight excluding hydrogens is 462 g/mol. The number of likely N-dealkylation sites (tertiary alicyclic amines) is 1. The summed E-state index contributed by atoms with van der Waals surface area (Å²) in [5.74, 6) is 0.632. The smallest absolute Gasteiger partial charge is 0.343 e. The Morgan fingerprint density at radius 3 is 2.50 bits per heavy atom. The van der Waals surface area contributed by atoms with E-state index in [9.17, 15) is 14.4 Å². The average Bonchev–Trinajstić information content (AvgIpc) is 3.03. The highest BCUT2D eigenvalue weighted by Crippen LogP contribution is 2.26. The monoisotopic (exact) mass is 497 g/mol. The van der Waals surface area contributed by atoms with E-state index in [-0.39, 0.29) is 35.8 Å². The fourth-order valence-electron chi connectivity index (χ4n) is 4.87. The number of nitrogens with zero attached hydrogens (tertiary/aromatic N) is 3. The van der Waals surface area contributed by atoms with Gasteiger partial charge in [0.25, 0.3) is 5.56 Å². The number of hydrogen-bond acceptors (Lipinski definition) is 7. The van der Waals surface area contributed by atoms with E-state index >= 15 is 0 Å². The molecule has 0 spiro atoms. The Kier molecular flexibility index (Phi) is 7.98. The minimum atomic E-state index is -0.525. The number of methoxy groups -OCH3 is 1. The summed E-state index contributed by atoms with van der Waals surface area (Å²) in [6.07, 6.45) is 1.03. The van der Waals surface area contributed by atoms with E-state index in [0.717, 1.165) is 17.9 Å². The van der Waals surface area contributed by atoms with Crippen molar-refractivity contribution in [2.24, 2.45) is 5.92 Å². The highest BCUT2D eigenvalue weighted by molar-refractivity contribution is 5.93. The fraction of sp³-hybridized carbons (Fsp3) is 0.519. The number of esters is 1. The van der Waals surface area contributed by atoms with E-state index < -0.39 is 5.97 Å². The predicted molar refractivity (Wildman–Crippen MR) is 134 cm³/mol. The third-order valence-electron chi connectivity index (χ3n) is 6.67. The number of ether oxygens (including phenoxy) is 3. The number of benzene rings is 1. The summed E-state index contributed by atoms with van der Waals surface area (Å²) in [7, 11) is 3.09. The lowest BCUT2D eigenvalue weighted by atomic mass is 10.1. The first kappa shape index (κ1) is 25.8. The van der Waals surface area contributed by atoms with Crippen LogP contribution < -0.4 is 15.0 Å². The molecule has 1 atom stereocenters. The third kappa shape index (κ3) is 5.90. The molecule has 1 aromatic carbocycles. The Labute approximate surface area is 211 Å². The highest BCUT2D eigenvalue weighted by Gasteiger charge is 2.30. The molecule has 2 aliphatic heterocycles. The molecular formula is C27H35N3O6. The summed E-state index contributed by atoms with van der Waals surface area (Å²) in [6.45, 7) is 7.39. The molecule has 0 N–H and O–H groups in total.